The second-order valence-electron chi connectivity index (χ2n) is 6.58. The molecule has 33 heavy (non-hydrogen) atoms. The van der Waals surface area contributed by atoms with Crippen molar-refractivity contribution in [3.05, 3.63) is 77.1 Å². The summed E-state index contributed by atoms with van der Waals surface area (Å²) in [5.74, 6) is -2.24. The monoisotopic (exact) mass is 471 g/mol. The molecule has 2 aromatic carbocycles. The fourth-order valence-electron chi connectivity index (χ4n) is 2.99. The largest absolute Gasteiger partial charge is 0.462 e. The first kappa shape index (κ1) is 23.8. The van der Waals surface area contributed by atoms with E-state index in [0.29, 0.717) is 4.68 Å². The zero-order chi connectivity index (χ0) is 24.4. The van der Waals surface area contributed by atoms with E-state index in [1.54, 1.807) is 0 Å². The average Bonchev–Trinajstić information content (AvgIpc) is 3.20. The Kier molecular flexibility index (Phi) is 6.47. The molecule has 0 fully saturated rings. The third-order valence-corrected chi connectivity index (χ3v) is 4.38. The van der Waals surface area contributed by atoms with Crippen LogP contribution in [-0.4, -0.2) is 28.3 Å². The molecule has 0 aliphatic carbocycles. The zero-order valence-electron chi connectivity index (χ0n) is 16.8. The molecule has 0 bridgehead atoms. The van der Waals surface area contributed by atoms with Gasteiger partial charge in [-0.2, -0.15) is 31.4 Å². The number of alkyl halides is 6. The molecule has 3 rings (SSSR count). The summed E-state index contributed by atoms with van der Waals surface area (Å²) in [6.45, 7) is 1.31. The first-order chi connectivity index (χ1) is 15.4. The summed E-state index contributed by atoms with van der Waals surface area (Å²) in [4.78, 5) is 24.2. The summed E-state index contributed by atoms with van der Waals surface area (Å²) >= 11 is 0. The number of rotatable bonds is 5. The Hall–Kier alpha value is -3.83. The van der Waals surface area contributed by atoms with Crippen molar-refractivity contribution in [1.29, 1.82) is 0 Å². The molecule has 174 valence electrons. The molecule has 1 heterocycles. The third-order valence-electron chi connectivity index (χ3n) is 4.38. The quantitative estimate of drug-likeness (QED) is 0.403. The summed E-state index contributed by atoms with van der Waals surface area (Å²) in [5.41, 5.74) is -3.93. The van der Waals surface area contributed by atoms with Gasteiger partial charge in [-0.3, -0.25) is 4.79 Å². The van der Waals surface area contributed by atoms with Crippen LogP contribution in [0, 0.1) is 0 Å². The number of hydrogen-bond acceptors (Lipinski definition) is 4. The number of nitrogens with zero attached hydrogens (tertiary/aromatic N) is 2. The van der Waals surface area contributed by atoms with E-state index in [9.17, 15) is 35.9 Å². The molecule has 1 N–H and O–H groups in total. The van der Waals surface area contributed by atoms with Crippen molar-refractivity contribution in [1.82, 2.24) is 9.78 Å². The summed E-state index contributed by atoms with van der Waals surface area (Å²) in [7, 11) is 0. The number of hydrogen-bond donors (Lipinski definition) is 1. The van der Waals surface area contributed by atoms with Gasteiger partial charge in [0.2, 0.25) is 0 Å². The number of ether oxygens (including phenoxy) is 1. The van der Waals surface area contributed by atoms with Crippen LogP contribution in [0.15, 0.2) is 54.7 Å². The van der Waals surface area contributed by atoms with Gasteiger partial charge in [-0.1, -0.05) is 12.1 Å². The number of amides is 1. The number of carbonyl (C=O) groups is 2. The van der Waals surface area contributed by atoms with Crippen LogP contribution >= 0.6 is 0 Å². The lowest BCUT2D eigenvalue weighted by Crippen LogP contribution is -2.19. The van der Waals surface area contributed by atoms with E-state index in [-0.39, 0.29) is 18.0 Å². The van der Waals surface area contributed by atoms with Gasteiger partial charge in [0.05, 0.1) is 29.6 Å². The molecular weight excluding hydrogens is 456 g/mol. The van der Waals surface area contributed by atoms with E-state index in [4.69, 9.17) is 0 Å². The summed E-state index contributed by atoms with van der Waals surface area (Å²) in [5, 5.41) is 5.89. The smallest absolute Gasteiger partial charge is 0.434 e. The number of carbonyl (C=O) groups excluding carboxylic acids is 2. The fourth-order valence-corrected chi connectivity index (χ4v) is 2.99. The van der Waals surface area contributed by atoms with Crippen LogP contribution in [-0.2, 0) is 17.1 Å². The topological polar surface area (TPSA) is 73.2 Å². The van der Waals surface area contributed by atoms with Crippen LogP contribution in [0.5, 0.6) is 0 Å². The third kappa shape index (κ3) is 5.16. The van der Waals surface area contributed by atoms with E-state index >= 15 is 0 Å². The zero-order valence-corrected chi connectivity index (χ0v) is 16.8. The number of aromatic nitrogens is 2. The van der Waals surface area contributed by atoms with Gasteiger partial charge in [-0.25, -0.2) is 9.48 Å². The van der Waals surface area contributed by atoms with Crippen LogP contribution in [0.3, 0.4) is 0 Å². The number of esters is 1. The van der Waals surface area contributed by atoms with Crippen LogP contribution in [0.25, 0.3) is 5.69 Å². The Morgan fingerprint density at radius 2 is 1.58 bits per heavy atom. The lowest BCUT2D eigenvalue weighted by atomic mass is 10.1. The molecule has 0 unspecified atom stereocenters. The SMILES string of the molecule is CCOC(=O)c1cnn(-c2ccc(NC(=O)c3ccccc3C(F)(F)F)cc2)c1C(F)(F)F. The molecular formula is C21H15F6N3O3. The number of anilines is 1. The van der Waals surface area contributed by atoms with Gasteiger partial charge < -0.3 is 10.1 Å². The molecule has 0 spiro atoms. The minimum atomic E-state index is -4.94. The van der Waals surface area contributed by atoms with Crippen LogP contribution in [0.1, 0.15) is 38.9 Å². The van der Waals surface area contributed by atoms with Crippen LogP contribution < -0.4 is 5.32 Å². The van der Waals surface area contributed by atoms with E-state index in [2.05, 4.69) is 15.2 Å². The molecule has 0 aliphatic rings. The van der Waals surface area contributed by atoms with Crippen molar-refractivity contribution in [3.8, 4) is 5.69 Å². The molecule has 0 saturated heterocycles. The molecule has 12 heteroatoms. The van der Waals surface area contributed by atoms with E-state index in [0.717, 1.165) is 36.5 Å². The summed E-state index contributed by atoms with van der Waals surface area (Å²) in [6, 6.07) is 8.86. The molecule has 1 aromatic heterocycles. The van der Waals surface area contributed by atoms with Gasteiger partial charge in [0.15, 0.2) is 5.69 Å². The van der Waals surface area contributed by atoms with Gasteiger partial charge in [0.25, 0.3) is 5.91 Å². The van der Waals surface area contributed by atoms with Crippen LogP contribution in [0.2, 0.25) is 0 Å². The average molecular weight is 471 g/mol. The standard InChI is InChI=1S/C21H15F6N3O3/c1-2-33-19(32)15-11-28-30(17(15)21(25,26)27)13-9-7-12(8-10-13)29-18(31)14-5-3-4-6-16(14)20(22,23)24/h3-11H,2H2,1H3,(H,29,31). The Morgan fingerprint density at radius 1 is 0.939 bits per heavy atom. The maximum absolute atomic E-state index is 13.6. The van der Waals surface area contributed by atoms with Crippen molar-refractivity contribution < 1.29 is 40.7 Å². The Balaban J connectivity index is 1.89. The van der Waals surface area contributed by atoms with E-state index < -0.39 is 46.6 Å². The lowest BCUT2D eigenvalue weighted by Gasteiger charge is -2.14. The van der Waals surface area contributed by atoms with Gasteiger partial charge in [-0.05, 0) is 43.3 Å². The summed E-state index contributed by atoms with van der Waals surface area (Å²) < 4.78 is 85.2. The molecule has 0 aliphatic heterocycles. The minimum absolute atomic E-state index is 0.0343. The number of benzene rings is 2. The Labute approximate surface area is 182 Å². The predicted octanol–water partition coefficient (Wildman–Crippen LogP) is 5.34. The second kappa shape index (κ2) is 8.96. The van der Waals surface area contributed by atoms with Crippen LogP contribution in [0.4, 0.5) is 32.0 Å². The van der Waals surface area contributed by atoms with E-state index in [1.165, 1.54) is 25.1 Å². The first-order valence-corrected chi connectivity index (χ1v) is 9.33. The van der Waals surface area contributed by atoms with E-state index in [1.807, 2.05) is 0 Å². The number of halogens is 6. The highest BCUT2D eigenvalue weighted by Gasteiger charge is 2.41. The van der Waals surface area contributed by atoms with Gasteiger partial charge in [-0.15, -0.1) is 0 Å². The highest BCUT2D eigenvalue weighted by Crippen LogP contribution is 2.35. The molecule has 1 amide bonds. The summed E-state index contributed by atoms with van der Waals surface area (Å²) in [6.07, 6.45) is -8.96. The predicted molar refractivity (Wildman–Crippen MR) is 104 cm³/mol. The fraction of sp³-hybridized carbons (Fsp3) is 0.190. The first-order valence-electron chi connectivity index (χ1n) is 9.33. The molecule has 0 saturated carbocycles. The number of nitrogens with one attached hydrogen (secondary N) is 1. The molecule has 0 atom stereocenters. The molecule has 0 radical (unpaired) electrons. The highest BCUT2D eigenvalue weighted by molar-refractivity contribution is 6.05. The van der Waals surface area contributed by atoms with Crippen molar-refractivity contribution in [2.75, 3.05) is 11.9 Å². The van der Waals surface area contributed by atoms with Gasteiger partial charge >= 0.3 is 18.3 Å². The minimum Gasteiger partial charge on any atom is -0.462 e. The maximum atomic E-state index is 13.6. The van der Waals surface area contributed by atoms with Gasteiger partial charge in [0.1, 0.15) is 5.56 Å². The Morgan fingerprint density at radius 3 is 2.15 bits per heavy atom. The maximum Gasteiger partial charge on any atom is 0.434 e. The second-order valence-corrected chi connectivity index (χ2v) is 6.58. The lowest BCUT2D eigenvalue weighted by molar-refractivity contribution is -0.143. The normalized spacial score (nSPS) is 11.8. The molecule has 6 nitrogen and oxygen atoms in total. The van der Waals surface area contributed by atoms with Crippen molar-refractivity contribution in [2.24, 2.45) is 0 Å². The van der Waals surface area contributed by atoms with Gasteiger partial charge in [0, 0.05) is 5.69 Å². The van der Waals surface area contributed by atoms with Crippen molar-refractivity contribution in [3.63, 3.8) is 0 Å². The molecule has 3 aromatic rings. The highest BCUT2D eigenvalue weighted by atomic mass is 19.4. The van der Waals surface area contributed by atoms with Crippen molar-refractivity contribution >= 4 is 17.6 Å². The van der Waals surface area contributed by atoms with Crippen molar-refractivity contribution in [2.45, 2.75) is 19.3 Å². The Bertz CT molecular complexity index is 1170.